The summed E-state index contributed by atoms with van der Waals surface area (Å²) in [7, 11) is -3.21. The lowest BCUT2D eigenvalue weighted by Gasteiger charge is -2.34. The van der Waals surface area contributed by atoms with Crippen molar-refractivity contribution in [2.45, 2.75) is 26.0 Å². The predicted molar refractivity (Wildman–Crippen MR) is 78.0 cm³/mol. The molecule has 106 valence electrons. The number of sulfonamides is 1. The number of hydrogen-bond donors (Lipinski definition) is 1. The summed E-state index contributed by atoms with van der Waals surface area (Å²) in [6.07, 6.45) is 0.947. The fourth-order valence-corrected chi connectivity index (χ4v) is 4.04. The Kier molecular flexibility index (Phi) is 4.16. The Morgan fingerprint density at radius 3 is 2.42 bits per heavy atom. The molecule has 1 aliphatic rings. The molecular weight excluding hydrogens is 260 g/mol. The second-order valence-electron chi connectivity index (χ2n) is 5.60. The molecule has 1 fully saturated rings. The van der Waals surface area contributed by atoms with Crippen molar-refractivity contribution in [2.75, 3.05) is 18.8 Å². The smallest absolute Gasteiger partial charge is 0.218 e. The third kappa shape index (κ3) is 3.48. The van der Waals surface area contributed by atoms with Crippen LogP contribution in [0.2, 0.25) is 0 Å². The highest BCUT2D eigenvalue weighted by Gasteiger charge is 2.30. The summed E-state index contributed by atoms with van der Waals surface area (Å²) in [6, 6.07) is 7.04. The number of hydrogen-bond acceptors (Lipinski definition) is 3. The minimum absolute atomic E-state index is 0.0639. The normalized spacial score (nSPS) is 25.4. The zero-order valence-electron chi connectivity index (χ0n) is 11.5. The van der Waals surface area contributed by atoms with Crippen molar-refractivity contribution >= 4 is 15.7 Å². The molecule has 0 radical (unpaired) electrons. The fraction of sp³-hybridized carbons (Fsp3) is 0.571. The van der Waals surface area contributed by atoms with Gasteiger partial charge in [0, 0.05) is 18.8 Å². The minimum atomic E-state index is -3.21. The van der Waals surface area contributed by atoms with Crippen molar-refractivity contribution in [3.8, 4) is 0 Å². The van der Waals surface area contributed by atoms with Gasteiger partial charge in [-0.25, -0.2) is 12.7 Å². The second kappa shape index (κ2) is 5.51. The van der Waals surface area contributed by atoms with Crippen LogP contribution >= 0.6 is 0 Å². The highest BCUT2D eigenvalue weighted by Crippen LogP contribution is 2.25. The first-order chi connectivity index (χ1) is 8.88. The highest BCUT2D eigenvalue weighted by molar-refractivity contribution is 7.88. The molecule has 1 aromatic carbocycles. The third-order valence-corrected chi connectivity index (χ3v) is 5.84. The zero-order chi connectivity index (χ0) is 14.0. The molecule has 4 nitrogen and oxygen atoms in total. The summed E-state index contributed by atoms with van der Waals surface area (Å²) in [5.74, 6) is 1.09. The Hall–Kier alpha value is -1.07. The van der Waals surface area contributed by atoms with Gasteiger partial charge < -0.3 is 5.73 Å². The van der Waals surface area contributed by atoms with Crippen LogP contribution in [0.1, 0.15) is 25.8 Å². The van der Waals surface area contributed by atoms with Gasteiger partial charge in [0.15, 0.2) is 0 Å². The quantitative estimate of drug-likeness (QED) is 0.863. The van der Waals surface area contributed by atoms with Crippen molar-refractivity contribution in [3.63, 3.8) is 0 Å². The molecule has 0 spiro atoms. The van der Waals surface area contributed by atoms with Crippen LogP contribution in [0.15, 0.2) is 24.3 Å². The van der Waals surface area contributed by atoms with Gasteiger partial charge in [0.1, 0.15) is 0 Å². The highest BCUT2D eigenvalue weighted by atomic mass is 32.2. The number of nitrogens with two attached hydrogens (primary N) is 1. The van der Waals surface area contributed by atoms with Crippen LogP contribution in [-0.4, -0.2) is 25.8 Å². The molecule has 1 saturated heterocycles. The molecule has 0 aromatic heterocycles. The Balaban J connectivity index is 2.08. The summed E-state index contributed by atoms with van der Waals surface area (Å²) >= 11 is 0. The van der Waals surface area contributed by atoms with Crippen LogP contribution in [0.5, 0.6) is 0 Å². The van der Waals surface area contributed by atoms with Gasteiger partial charge in [-0.1, -0.05) is 26.0 Å². The van der Waals surface area contributed by atoms with Crippen LogP contribution in [0.4, 0.5) is 5.69 Å². The van der Waals surface area contributed by atoms with E-state index in [1.807, 2.05) is 0 Å². The topological polar surface area (TPSA) is 63.4 Å². The first-order valence-corrected chi connectivity index (χ1v) is 8.31. The van der Waals surface area contributed by atoms with E-state index in [0.29, 0.717) is 30.6 Å². The van der Waals surface area contributed by atoms with E-state index in [0.717, 1.165) is 12.0 Å². The summed E-state index contributed by atoms with van der Waals surface area (Å²) in [6.45, 7) is 5.59. The van der Waals surface area contributed by atoms with Crippen LogP contribution < -0.4 is 5.73 Å². The number of nitrogen functional groups attached to an aromatic ring is 1. The van der Waals surface area contributed by atoms with Crippen molar-refractivity contribution in [3.05, 3.63) is 29.8 Å². The maximum Gasteiger partial charge on any atom is 0.218 e. The van der Waals surface area contributed by atoms with Gasteiger partial charge in [-0.3, -0.25) is 0 Å². The average Bonchev–Trinajstić information content (AvgIpc) is 2.35. The number of rotatable bonds is 3. The maximum absolute atomic E-state index is 12.4. The first kappa shape index (κ1) is 14.3. The lowest BCUT2D eigenvalue weighted by atomic mass is 9.90. The molecule has 0 saturated carbocycles. The number of benzene rings is 1. The maximum atomic E-state index is 12.4. The molecule has 2 unspecified atom stereocenters. The second-order valence-corrected chi connectivity index (χ2v) is 7.57. The molecule has 2 rings (SSSR count). The van der Waals surface area contributed by atoms with Gasteiger partial charge in [-0.15, -0.1) is 0 Å². The van der Waals surface area contributed by atoms with Gasteiger partial charge in [-0.2, -0.15) is 0 Å². The van der Waals surface area contributed by atoms with E-state index in [1.54, 1.807) is 28.6 Å². The van der Waals surface area contributed by atoms with E-state index in [2.05, 4.69) is 13.8 Å². The molecule has 1 aliphatic heterocycles. The Labute approximate surface area is 115 Å². The van der Waals surface area contributed by atoms with Gasteiger partial charge in [0.2, 0.25) is 10.0 Å². The number of anilines is 1. The van der Waals surface area contributed by atoms with E-state index in [9.17, 15) is 8.42 Å². The zero-order valence-corrected chi connectivity index (χ0v) is 12.4. The fourth-order valence-electron chi connectivity index (χ4n) is 2.39. The molecule has 19 heavy (non-hydrogen) atoms. The van der Waals surface area contributed by atoms with Crippen molar-refractivity contribution in [1.82, 2.24) is 4.31 Å². The van der Waals surface area contributed by atoms with Crippen LogP contribution in [0, 0.1) is 11.8 Å². The lowest BCUT2D eigenvalue weighted by molar-refractivity contribution is 0.212. The van der Waals surface area contributed by atoms with Crippen LogP contribution in [0.3, 0.4) is 0 Å². The SMILES string of the molecule is CC1CCN(S(=O)(=O)Cc2ccc(N)cc2)CC1C. The van der Waals surface area contributed by atoms with E-state index in [-0.39, 0.29) is 5.75 Å². The number of nitrogens with zero attached hydrogens (tertiary/aromatic N) is 1. The lowest BCUT2D eigenvalue weighted by Crippen LogP contribution is -2.42. The van der Waals surface area contributed by atoms with E-state index in [4.69, 9.17) is 5.73 Å². The minimum Gasteiger partial charge on any atom is -0.399 e. The molecule has 5 heteroatoms. The molecule has 1 aromatic rings. The van der Waals surface area contributed by atoms with E-state index >= 15 is 0 Å². The van der Waals surface area contributed by atoms with Crippen LogP contribution in [0.25, 0.3) is 0 Å². The van der Waals surface area contributed by atoms with Gasteiger partial charge in [0.25, 0.3) is 0 Å². The Morgan fingerprint density at radius 1 is 1.21 bits per heavy atom. The summed E-state index contributed by atoms with van der Waals surface area (Å²) in [5.41, 5.74) is 7.05. The summed E-state index contributed by atoms with van der Waals surface area (Å²) in [5, 5.41) is 0. The molecular formula is C14H22N2O2S. The van der Waals surface area contributed by atoms with E-state index < -0.39 is 10.0 Å². The Bertz CT molecular complexity index is 525. The van der Waals surface area contributed by atoms with Crippen LogP contribution in [-0.2, 0) is 15.8 Å². The molecule has 0 bridgehead atoms. The van der Waals surface area contributed by atoms with Crippen molar-refractivity contribution < 1.29 is 8.42 Å². The molecule has 2 N–H and O–H groups in total. The average molecular weight is 282 g/mol. The van der Waals surface area contributed by atoms with Gasteiger partial charge >= 0.3 is 0 Å². The monoisotopic (exact) mass is 282 g/mol. The Morgan fingerprint density at radius 2 is 1.84 bits per heavy atom. The predicted octanol–water partition coefficient (Wildman–Crippen LogP) is 2.08. The van der Waals surface area contributed by atoms with Gasteiger partial charge in [-0.05, 0) is 36.0 Å². The van der Waals surface area contributed by atoms with E-state index in [1.165, 1.54) is 0 Å². The third-order valence-electron chi connectivity index (χ3n) is 4.02. The standard InChI is InChI=1S/C14H22N2O2S/c1-11-7-8-16(9-12(11)2)19(17,18)10-13-3-5-14(15)6-4-13/h3-6,11-12H,7-10,15H2,1-2H3. The molecule has 0 amide bonds. The summed E-state index contributed by atoms with van der Waals surface area (Å²) < 4.78 is 26.4. The van der Waals surface area contributed by atoms with Gasteiger partial charge in [0.05, 0.1) is 5.75 Å². The molecule has 2 atom stereocenters. The van der Waals surface area contributed by atoms with Crippen molar-refractivity contribution in [2.24, 2.45) is 11.8 Å². The molecule has 0 aliphatic carbocycles. The largest absolute Gasteiger partial charge is 0.399 e. The molecule has 1 heterocycles. The van der Waals surface area contributed by atoms with Crippen molar-refractivity contribution in [1.29, 1.82) is 0 Å². The summed E-state index contributed by atoms with van der Waals surface area (Å²) in [4.78, 5) is 0. The number of piperidine rings is 1. The first-order valence-electron chi connectivity index (χ1n) is 6.71.